The van der Waals surface area contributed by atoms with Crippen LogP contribution >= 0.6 is 15.9 Å². The smallest absolute Gasteiger partial charge is 0.107 e. The standard InChI is InChI=1S/C12H14BrN3/c1-8-4-3-5-9(6-8)12-11(13)10(7-14-2)15-16-12/h3-6,14H,7H2,1-2H3,(H,15,16). The number of halogens is 1. The zero-order valence-corrected chi connectivity index (χ0v) is 10.9. The van der Waals surface area contributed by atoms with Crippen molar-refractivity contribution in [2.75, 3.05) is 7.05 Å². The summed E-state index contributed by atoms with van der Waals surface area (Å²) in [6.45, 7) is 2.86. The highest BCUT2D eigenvalue weighted by molar-refractivity contribution is 9.10. The van der Waals surface area contributed by atoms with Gasteiger partial charge in [-0.25, -0.2) is 0 Å². The van der Waals surface area contributed by atoms with Gasteiger partial charge in [-0.2, -0.15) is 5.10 Å². The Morgan fingerprint density at radius 3 is 2.94 bits per heavy atom. The van der Waals surface area contributed by atoms with E-state index in [0.717, 1.165) is 28.0 Å². The van der Waals surface area contributed by atoms with Crippen LogP contribution in [0.1, 0.15) is 11.3 Å². The Morgan fingerprint density at radius 2 is 2.25 bits per heavy atom. The van der Waals surface area contributed by atoms with E-state index >= 15 is 0 Å². The Labute approximate surface area is 103 Å². The monoisotopic (exact) mass is 279 g/mol. The highest BCUT2D eigenvalue weighted by Crippen LogP contribution is 2.29. The molecule has 0 fully saturated rings. The number of H-pyrrole nitrogens is 1. The van der Waals surface area contributed by atoms with Crippen LogP contribution in [0, 0.1) is 6.92 Å². The number of nitrogens with zero attached hydrogens (tertiary/aromatic N) is 1. The lowest BCUT2D eigenvalue weighted by Gasteiger charge is -2.00. The van der Waals surface area contributed by atoms with Crippen molar-refractivity contribution in [3.05, 3.63) is 40.0 Å². The molecule has 0 aliphatic rings. The summed E-state index contributed by atoms with van der Waals surface area (Å²) in [7, 11) is 1.92. The molecule has 1 aromatic carbocycles. The first kappa shape index (κ1) is 11.4. The van der Waals surface area contributed by atoms with Crippen molar-refractivity contribution in [3.63, 3.8) is 0 Å². The van der Waals surface area contributed by atoms with Gasteiger partial charge in [0.15, 0.2) is 0 Å². The van der Waals surface area contributed by atoms with Crippen LogP contribution in [0.4, 0.5) is 0 Å². The highest BCUT2D eigenvalue weighted by atomic mass is 79.9. The molecule has 0 bridgehead atoms. The third-order valence-electron chi connectivity index (χ3n) is 2.42. The van der Waals surface area contributed by atoms with Crippen molar-refractivity contribution in [2.45, 2.75) is 13.5 Å². The van der Waals surface area contributed by atoms with E-state index in [4.69, 9.17) is 0 Å². The largest absolute Gasteiger partial charge is 0.314 e. The van der Waals surface area contributed by atoms with Crippen molar-refractivity contribution in [1.29, 1.82) is 0 Å². The minimum atomic E-state index is 0.777. The molecule has 0 atom stereocenters. The molecule has 0 spiro atoms. The van der Waals surface area contributed by atoms with Gasteiger partial charge in [-0.15, -0.1) is 0 Å². The van der Waals surface area contributed by atoms with Crippen LogP contribution in [0.25, 0.3) is 11.3 Å². The van der Waals surface area contributed by atoms with E-state index in [1.165, 1.54) is 5.56 Å². The predicted octanol–water partition coefficient (Wildman–Crippen LogP) is 2.87. The summed E-state index contributed by atoms with van der Waals surface area (Å²) in [6.07, 6.45) is 0. The summed E-state index contributed by atoms with van der Waals surface area (Å²) in [5.41, 5.74) is 4.40. The van der Waals surface area contributed by atoms with E-state index in [1.54, 1.807) is 0 Å². The molecule has 0 aliphatic heterocycles. The highest BCUT2D eigenvalue weighted by Gasteiger charge is 2.11. The molecule has 3 nitrogen and oxygen atoms in total. The van der Waals surface area contributed by atoms with Crippen LogP contribution in [0.5, 0.6) is 0 Å². The fourth-order valence-electron chi connectivity index (χ4n) is 1.64. The summed E-state index contributed by atoms with van der Waals surface area (Å²) >= 11 is 3.58. The summed E-state index contributed by atoms with van der Waals surface area (Å²) in [6, 6.07) is 8.32. The average Bonchev–Trinajstić information content (AvgIpc) is 2.61. The Balaban J connectivity index is 2.41. The Morgan fingerprint density at radius 1 is 1.44 bits per heavy atom. The van der Waals surface area contributed by atoms with Crippen LogP contribution in [-0.2, 0) is 6.54 Å². The van der Waals surface area contributed by atoms with Gasteiger partial charge in [0.1, 0.15) is 5.69 Å². The van der Waals surface area contributed by atoms with Crippen LogP contribution in [0.15, 0.2) is 28.7 Å². The molecule has 0 radical (unpaired) electrons. The molecule has 0 saturated heterocycles. The van der Waals surface area contributed by atoms with Gasteiger partial charge in [0.25, 0.3) is 0 Å². The maximum atomic E-state index is 4.33. The first-order valence-electron chi connectivity index (χ1n) is 5.16. The Kier molecular flexibility index (Phi) is 3.41. The zero-order chi connectivity index (χ0) is 11.5. The molecular formula is C12H14BrN3. The number of hydrogen-bond donors (Lipinski definition) is 2. The van der Waals surface area contributed by atoms with E-state index in [2.05, 4.69) is 56.6 Å². The topological polar surface area (TPSA) is 40.7 Å². The number of aromatic nitrogens is 2. The molecular weight excluding hydrogens is 266 g/mol. The molecule has 0 saturated carbocycles. The quantitative estimate of drug-likeness (QED) is 0.907. The second-order valence-electron chi connectivity index (χ2n) is 3.76. The van der Waals surface area contributed by atoms with Crippen LogP contribution in [0.2, 0.25) is 0 Å². The van der Waals surface area contributed by atoms with E-state index in [9.17, 15) is 0 Å². The number of nitrogens with one attached hydrogen (secondary N) is 2. The molecule has 2 rings (SSSR count). The summed E-state index contributed by atoms with van der Waals surface area (Å²) in [5.74, 6) is 0. The van der Waals surface area contributed by atoms with Gasteiger partial charge in [-0.3, -0.25) is 5.10 Å². The molecule has 0 amide bonds. The minimum absolute atomic E-state index is 0.777. The molecule has 2 N–H and O–H groups in total. The normalized spacial score (nSPS) is 10.7. The van der Waals surface area contributed by atoms with Gasteiger partial charge in [0, 0.05) is 12.1 Å². The second kappa shape index (κ2) is 4.80. The van der Waals surface area contributed by atoms with E-state index in [0.29, 0.717) is 0 Å². The number of aromatic amines is 1. The summed E-state index contributed by atoms with van der Waals surface area (Å²) in [5, 5.41) is 10.5. The van der Waals surface area contributed by atoms with E-state index in [1.807, 2.05) is 13.1 Å². The number of benzene rings is 1. The number of aryl methyl sites for hydroxylation is 1. The van der Waals surface area contributed by atoms with Crippen LogP contribution in [-0.4, -0.2) is 17.2 Å². The number of hydrogen-bond acceptors (Lipinski definition) is 2. The maximum Gasteiger partial charge on any atom is 0.107 e. The molecule has 16 heavy (non-hydrogen) atoms. The Bertz CT molecular complexity index is 491. The van der Waals surface area contributed by atoms with Gasteiger partial charge >= 0.3 is 0 Å². The van der Waals surface area contributed by atoms with Gasteiger partial charge in [-0.1, -0.05) is 23.8 Å². The van der Waals surface area contributed by atoms with E-state index < -0.39 is 0 Å². The van der Waals surface area contributed by atoms with E-state index in [-0.39, 0.29) is 0 Å². The van der Waals surface area contributed by atoms with Crippen LogP contribution in [0.3, 0.4) is 0 Å². The van der Waals surface area contributed by atoms with Gasteiger partial charge < -0.3 is 5.32 Å². The van der Waals surface area contributed by atoms with Gasteiger partial charge in [0.05, 0.1) is 10.2 Å². The fourth-order valence-corrected chi connectivity index (χ4v) is 2.19. The average molecular weight is 280 g/mol. The molecule has 1 aromatic heterocycles. The van der Waals surface area contributed by atoms with Crippen molar-refractivity contribution in [3.8, 4) is 11.3 Å². The lowest BCUT2D eigenvalue weighted by molar-refractivity contribution is 0.781. The van der Waals surface area contributed by atoms with Gasteiger partial charge in [-0.05, 0) is 36.0 Å². The molecule has 4 heteroatoms. The van der Waals surface area contributed by atoms with Crippen molar-refractivity contribution in [1.82, 2.24) is 15.5 Å². The minimum Gasteiger partial charge on any atom is -0.314 e. The maximum absolute atomic E-state index is 4.33. The van der Waals surface area contributed by atoms with Gasteiger partial charge in [0.2, 0.25) is 0 Å². The molecule has 84 valence electrons. The zero-order valence-electron chi connectivity index (χ0n) is 9.34. The lowest BCUT2D eigenvalue weighted by atomic mass is 10.1. The van der Waals surface area contributed by atoms with Crippen molar-refractivity contribution >= 4 is 15.9 Å². The third kappa shape index (κ3) is 2.18. The summed E-state index contributed by atoms with van der Waals surface area (Å²) in [4.78, 5) is 0. The molecule has 2 aromatic rings. The van der Waals surface area contributed by atoms with Crippen LogP contribution < -0.4 is 5.32 Å². The number of rotatable bonds is 3. The summed E-state index contributed by atoms with van der Waals surface area (Å²) < 4.78 is 1.03. The third-order valence-corrected chi connectivity index (χ3v) is 3.27. The molecule has 1 heterocycles. The second-order valence-corrected chi connectivity index (χ2v) is 4.56. The first-order chi connectivity index (χ1) is 7.72. The lowest BCUT2D eigenvalue weighted by Crippen LogP contribution is -2.05. The molecule has 0 unspecified atom stereocenters. The SMILES string of the molecule is CNCc1[nH]nc(-c2cccc(C)c2)c1Br. The predicted molar refractivity (Wildman–Crippen MR) is 69.2 cm³/mol. The molecule has 0 aliphatic carbocycles. The Hall–Kier alpha value is -1.13. The fraction of sp³-hybridized carbons (Fsp3) is 0.250. The van der Waals surface area contributed by atoms with Crippen molar-refractivity contribution < 1.29 is 0 Å². The van der Waals surface area contributed by atoms with Crippen molar-refractivity contribution in [2.24, 2.45) is 0 Å². The first-order valence-corrected chi connectivity index (χ1v) is 5.96.